The molecule has 1 aliphatic rings. The molecule has 0 spiro atoms. The van der Waals surface area contributed by atoms with Crippen molar-refractivity contribution in [3.05, 3.63) is 25.0 Å². The zero-order chi connectivity index (χ0) is 7.07. The van der Waals surface area contributed by atoms with Gasteiger partial charge in [-0.2, -0.15) is 0 Å². The molecule has 0 amide bonds. The van der Waals surface area contributed by atoms with Crippen molar-refractivity contribution >= 4 is 0 Å². The maximum absolute atomic E-state index is 8.89. The second-order valence-electron chi connectivity index (χ2n) is 2.53. The lowest BCUT2D eigenvalue weighted by atomic mass is 10.2. The molecule has 1 rings (SSSR count). The Morgan fingerprint density at radius 1 is 1.89 bits per heavy atom. The largest absolute Gasteiger partial charge is 0.511 e. The number of aliphatic hydroxyl groups excluding tert-OH is 1. The predicted molar refractivity (Wildman–Crippen MR) is 37.0 cm³/mol. The van der Waals surface area contributed by atoms with E-state index in [0.29, 0.717) is 0 Å². The van der Waals surface area contributed by atoms with Gasteiger partial charge in [-0.05, 0) is 6.42 Å². The van der Waals surface area contributed by atoms with Gasteiger partial charge in [-0.3, -0.25) is 0 Å². The van der Waals surface area contributed by atoms with E-state index in [9.17, 15) is 0 Å². The molecule has 0 aromatic carbocycles. The summed E-state index contributed by atoms with van der Waals surface area (Å²) in [6.07, 6.45) is 2.53. The van der Waals surface area contributed by atoms with E-state index in [0.717, 1.165) is 6.42 Å². The fraction of sp³-hybridized carbons (Fsp3) is 0.429. The van der Waals surface area contributed by atoms with Crippen LogP contribution in [-0.4, -0.2) is 10.6 Å². The van der Waals surface area contributed by atoms with Crippen LogP contribution >= 0.6 is 0 Å². The van der Waals surface area contributed by atoms with Crippen LogP contribution in [0.25, 0.3) is 0 Å². The Bertz CT molecular complexity index is 164. The first-order chi connectivity index (χ1) is 4.11. The highest BCUT2D eigenvalue weighted by Gasteiger charge is 2.51. The summed E-state index contributed by atoms with van der Waals surface area (Å²) in [6, 6.07) is 0. The molecule has 50 valence electrons. The van der Waals surface area contributed by atoms with Crippen LogP contribution in [0.4, 0.5) is 0 Å². The van der Waals surface area contributed by atoms with Crippen LogP contribution in [0.2, 0.25) is 0 Å². The van der Waals surface area contributed by atoms with Crippen LogP contribution in [0.3, 0.4) is 0 Å². The first-order valence-electron chi connectivity index (χ1n) is 2.91. The van der Waals surface area contributed by atoms with Crippen LogP contribution < -0.4 is 5.73 Å². The van der Waals surface area contributed by atoms with E-state index < -0.39 is 5.54 Å². The van der Waals surface area contributed by atoms with E-state index in [-0.39, 0.29) is 11.7 Å². The Morgan fingerprint density at radius 3 is 2.56 bits per heavy atom. The molecular formula is C7H11NO. The van der Waals surface area contributed by atoms with Crippen molar-refractivity contribution in [2.75, 3.05) is 0 Å². The number of hydrogen-bond acceptors (Lipinski definition) is 2. The third-order valence-corrected chi connectivity index (χ3v) is 1.88. The molecule has 1 unspecified atom stereocenters. The molecule has 0 bridgehead atoms. The summed E-state index contributed by atoms with van der Waals surface area (Å²) in [6.45, 7) is 6.94. The summed E-state index contributed by atoms with van der Waals surface area (Å²) in [7, 11) is 0. The van der Waals surface area contributed by atoms with Gasteiger partial charge in [-0.25, -0.2) is 0 Å². The lowest BCUT2D eigenvalue weighted by molar-refractivity contribution is 0.356. The summed E-state index contributed by atoms with van der Waals surface area (Å²) in [5.74, 6) is 0.308. The molecule has 0 saturated heterocycles. The summed E-state index contributed by atoms with van der Waals surface area (Å²) in [4.78, 5) is 0. The summed E-state index contributed by atoms with van der Waals surface area (Å²) >= 11 is 0. The van der Waals surface area contributed by atoms with Gasteiger partial charge in [0.25, 0.3) is 0 Å². The highest BCUT2D eigenvalue weighted by Crippen LogP contribution is 2.45. The van der Waals surface area contributed by atoms with Gasteiger partial charge in [0.05, 0.1) is 5.54 Å². The van der Waals surface area contributed by atoms with E-state index in [1.807, 2.05) is 0 Å². The smallest absolute Gasteiger partial charge is 0.106 e. The van der Waals surface area contributed by atoms with Crippen LogP contribution in [0, 0.1) is 5.92 Å². The Balaban J connectivity index is 2.62. The van der Waals surface area contributed by atoms with Crippen molar-refractivity contribution in [3.63, 3.8) is 0 Å². The Morgan fingerprint density at radius 2 is 2.44 bits per heavy atom. The fourth-order valence-corrected chi connectivity index (χ4v) is 0.930. The number of hydrogen-bond donors (Lipinski definition) is 2. The Kier molecular flexibility index (Phi) is 1.14. The molecule has 0 aromatic rings. The number of rotatable bonds is 2. The SMILES string of the molecule is C=CC1C[C@]1(N)C(=C)O. The molecule has 2 nitrogen and oxygen atoms in total. The van der Waals surface area contributed by atoms with Crippen LogP contribution in [0.1, 0.15) is 6.42 Å². The molecule has 1 saturated carbocycles. The number of aliphatic hydroxyl groups is 1. The fourth-order valence-electron chi connectivity index (χ4n) is 0.930. The average Bonchev–Trinajstić information content (AvgIpc) is 2.44. The molecule has 1 aliphatic carbocycles. The maximum atomic E-state index is 8.89. The third-order valence-electron chi connectivity index (χ3n) is 1.88. The van der Waals surface area contributed by atoms with Crippen LogP contribution in [0.5, 0.6) is 0 Å². The normalized spacial score (nSPS) is 39.9. The lowest BCUT2D eigenvalue weighted by Crippen LogP contribution is -2.26. The number of nitrogens with two attached hydrogens (primary N) is 1. The van der Waals surface area contributed by atoms with Gasteiger partial charge in [0.1, 0.15) is 5.76 Å². The highest BCUT2D eigenvalue weighted by atomic mass is 16.3. The molecule has 0 radical (unpaired) electrons. The molecule has 1 fully saturated rings. The Labute approximate surface area is 54.7 Å². The third kappa shape index (κ3) is 0.754. The molecule has 0 aromatic heterocycles. The minimum absolute atomic E-state index is 0.0763. The summed E-state index contributed by atoms with van der Waals surface area (Å²) in [5.41, 5.74) is 5.08. The monoisotopic (exact) mass is 125 g/mol. The van der Waals surface area contributed by atoms with Gasteiger partial charge in [0.2, 0.25) is 0 Å². The quantitative estimate of drug-likeness (QED) is 0.426. The van der Waals surface area contributed by atoms with Crippen molar-refractivity contribution in [3.8, 4) is 0 Å². The molecule has 0 aliphatic heterocycles. The van der Waals surface area contributed by atoms with Crippen molar-refractivity contribution in [2.45, 2.75) is 12.0 Å². The molecule has 0 heterocycles. The standard InChI is InChI=1S/C7H11NO/c1-3-6-4-7(6,8)5(2)9/h3,6,9H,1-2,4,8H2/t6?,7-/m0/s1. The second-order valence-corrected chi connectivity index (χ2v) is 2.53. The molecule has 9 heavy (non-hydrogen) atoms. The van der Waals surface area contributed by atoms with Crippen LogP contribution in [-0.2, 0) is 0 Å². The van der Waals surface area contributed by atoms with Crippen molar-refractivity contribution in [1.29, 1.82) is 0 Å². The predicted octanol–water partition coefficient (Wildman–Crippen LogP) is 0.962. The van der Waals surface area contributed by atoms with E-state index in [1.165, 1.54) is 0 Å². The van der Waals surface area contributed by atoms with Crippen molar-refractivity contribution in [1.82, 2.24) is 0 Å². The van der Waals surface area contributed by atoms with Gasteiger partial charge >= 0.3 is 0 Å². The summed E-state index contributed by atoms with van der Waals surface area (Å²) < 4.78 is 0. The van der Waals surface area contributed by atoms with Gasteiger partial charge in [0.15, 0.2) is 0 Å². The topological polar surface area (TPSA) is 46.2 Å². The van der Waals surface area contributed by atoms with Gasteiger partial charge < -0.3 is 10.8 Å². The molecule has 2 heteroatoms. The summed E-state index contributed by atoms with van der Waals surface area (Å²) in [5, 5.41) is 8.89. The van der Waals surface area contributed by atoms with Crippen LogP contribution in [0.15, 0.2) is 25.0 Å². The lowest BCUT2D eigenvalue weighted by Gasteiger charge is -2.05. The molecule has 2 atom stereocenters. The van der Waals surface area contributed by atoms with E-state index in [2.05, 4.69) is 13.2 Å². The second kappa shape index (κ2) is 1.61. The van der Waals surface area contributed by atoms with Gasteiger partial charge in [-0.15, -0.1) is 6.58 Å². The zero-order valence-electron chi connectivity index (χ0n) is 5.30. The van der Waals surface area contributed by atoms with Crippen molar-refractivity contribution < 1.29 is 5.11 Å². The van der Waals surface area contributed by atoms with Gasteiger partial charge in [0, 0.05) is 5.92 Å². The van der Waals surface area contributed by atoms with E-state index in [4.69, 9.17) is 10.8 Å². The zero-order valence-corrected chi connectivity index (χ0v) is 5.30. The first-order valence-corrected chi connectivity index (χ1v) is 2.91. The average molecular weight is 125 g/mol. The first kappa shape index (κ1) is 6.36. The molecular weight excluding hydrogens is 114 g/mol. The highest BCUT2D eigenvalue weighted by molar-refractivity contribution is 5.27. The molecule has 3 N–H and O–H groups in total. The maximum Gasteiger partial charge on any atom is 0.106 e. The Hall–Kier alpha value is -0.760. The van der Waals surface area contributed by atoms with E-state index in [1.54, 1.807) is 6.08 Å². The van der Waals surface area contributed by atoms with Gasteiger partial charge in [-0.1, -0.05) is 12.7 Å². The van der Waals surface area contributed by atoms with E-state index >= 15 is 0 Å². The van der Waals surface area contributed by atoms with Crippen molar-refractivity contribution in [2.24, 2.45) is 11.7 Å². The minimum Gasteiger partial charge on any atom is -0.511 e. The minimum atomic E-state index is -0.540.